The van der Waals surface area contributed by atoms with Crippen molar-refractivity contribution in [3.05, 3.63) is 0 Å². The first-order valence-electron chi connectivity index (χ1n) is 11.0. The summed E-state index contributed by atoms with van der Waals surface area (Å²) in [7, 11) is 0. The monoisotopic (exact) mass is 344 g/mol. The van der Waals surface area contributed by atoms with Gasteiger partial charge in [0.25, 0.3) is 0 Å². The number of ketones is 1. The molecule has 140 valence electrons. The molecule has 0 spiro atoms. The number of Topliss-reactive ketones (excluding diaryl/α,β-unsaturated/α-hetero) is 1. The van der Waals surface area contributed by atoms with Gasteiger partial charge in [0.1, 0.15) is 5.78 Å². The van der Waals surface area contributed by atoms with Gasteiger partial charge in [0.05, 0.1) is 5.60 Å². The Bertz CT molecular complexity index is 595. The number of hydrogen-bond donors (Lipinski definition) is 1. The summed E-state index contributed by atoms with van der Waals surface area (Å²) < 4.78 is 0. The standard InChI is InChI=1S/C23H36O2/c1-14(24)23-11-6-16(23)12-20-19-5-4-15-13-21(2,25)9-7-17(15)18(19)8-10-22(20,23)3/h15-20,25H,4-13H2,1-3H3/t15-,16-,17+,18-,19-,20+,21-,22+,23+/m1/s1. The number of aliphatic hydroxyl groups is 1. The molecule has 2 nitrogen and oxygen atoms in total. The van der Waals surface area contributed by atoms with Crippen molar-refractivity contribution in [3.8, 4) is 0 Å². The van der Waals surface area contributed by atoms with Crippen molar-refractivity contribution in [1.82, 2.24) is 0 Å². The van der Waals surface area contributed by atoms with Gasteiger partial charge in [-0.3, -0.25) is 4.79 Å². The van der Waals surface area contributed by atoms with Gasteiger partial charge < -0.3 is 5.11 Å². The van der Waals surface area contributed by atoms with E-state index in [0.29, 0.717) is 11.7 Å². The van der Waals surface area contributed by atoms with Crippen LogP contribution in [0.5, 0.6) is 0 Å². The molecule has 0 unspecified atom stereocenters. The molecular formula is C23H36O2. The van der Waals surface area contributed by atoms with Gasteiger partial charge in [0.15, 0.2) is 0 Å². The summed E-state index contributed by atoms with van der Waals surface area (Å²) in [6, 6.07) is 0. The maximum atomic E-state index is 12.7. The first kappa shape index (κ1) is 16.8. The van der Waals surface area contributed by atoms with E-state index < -0.39 is 5.60 Å². The number of fused-ring (bicyclic) bond motifs is 7. The van der Waals surface area contributed by atoms with Crippen LogP contribution in [0, 0.1) is 46.3 Å². The average Bonchev–Trinajstić information content (AvgIpc) is 2.69. The van der Waals surface area contributed by atoms with Crippen LogP contribution in [0.1, 0.15) is 85.0 Å². The maximum Gasteiger partial charge on any atom is 0.136 e. The molecule has 25 heavy (non-hydrogen) atoms. The van der Waals surface area contributed by atoms with E-state index in [1.807, 2.05) is 6.92 Å². The summed E-state index contributed by atoms with van der Waals surface area (Å²) in [5.74, 6) is 5.37. The fraction of sp³-hybridized carbons (Fsp3) is 0.957. The van der Waals surface area contributed by atoms with Crippen LogP contribution in [-0.4, -0.2) is 16.5 Å². The van der Waals surface area contributed by atoms with E-state index in [0.717, 1.165) is 42.4 Å². The molecule has 5 saturated carbocycles. The maximum absolute atomic E-state index is 12.7. The SMILES string of the molecule is CC(=O)[C@@]12CC[C@@H]1C[C@H]1[C@@H]3CC[C@@H]4C[C@](C)(O)CC[C@@H]4[C@H]3CC[C@@]12C. The van der Waals surface area contributed by atoms with Gasteiger partial charge in [-0.25, -0.2) is 0 Å². The molecule has 0 amide bonds. The second kappa shape index (κ2) is 5.12. The van der Waals surface area contributed by atoms with Crippen LogP contribution in [-0.2, 0) is 4.79 Å². The lowest BCUT2D eigenvalue weighted by atomic mass is 9.43. The van der Waals surface area contributed by atoms with Gasteiger partial charge in [-0.1, -0.05) is 6.92 Å². The van der Waals surface area contributed by atoms with Gasteiger partial charge in [-0.15, -0.1) is 0 Å². The van der Waals surface area contributed by atoms with Gasteiger partial charge >= 0.3 is 0 Å². The second-order valence-electron chi connectivity index (χ2n) is 11.1. The Morgan fingerprint density at radius 1 is 0.920 bits per heavy atom. The van der Waals surface area contributed by atoms with Gasteiger partial charge in [-0.2, -0.15) is 0 Å². The Balaban J connectivity index is 1.44. The third kappa shape index (κ3) is 1.98. The van der Waals surface area contributed by atoms with E-state index in [2.05, 4.69) is 13.8 Å². The van der Waals surface area contributed by atoms with E-state index in [4.69, 9.17) is 0 Å². The van der Waals surface area contributed by atoms with Crippen LogP contribution < -0.4 is 0 Å². The highest BCUT2D eigenvalue weighted by atomic mass is 16.3. The summed E-state index contributed by atoms with van der Waals surface area (Å²) in [5.41, 5.74) is -0.0754. The molecule has 0 aromatic rings. The highest BCUT2D eigenvalue weighted by molar-refractivity contribution is 5.85. The summed E-state index contributed by atoms with van der Waals surface area (Å²) in [4.78, 5) is 12.7. The topological polar surface area (TPSA) is 37.3 Å². The molecule has 0 saturated heterocycles. The number of carbonyl (C=O) groups is 1. The summed E-state index contributed by atoms with van der Waals surface area (Å²) >= 11 is 0. The van der Waals surface area contributed by atoms with Crippen molar-refractivity contribution in [3.63, 3.8) is 0 Å². The Morgan fingerprint density at radius 3 is 2.36 bits per heavy atom. The molecule has 0 aromatic heterocycles. The van der Waals surface area contributed by atoms with Crippen molar-refractivity contribution in [2.75, 3.05) is 0 Å². The zero-order chi connectivity index (χ0) is 17.6. The van der Waals surface area contributed by atoms with Gasteiger partial charge in [0, 0.05) is 5.41 Å². The molecule has 5 fully saturated rings. The number of rotatable bonds is 1. The zero-order valence-corrected chi connectivity index (χ0v) is 16.4. The largest absolute Gasteiger partial charge is 0.390 e. The first-order chi connectivity index (χ1) is 11.8. The van der Waals surface area contributed by atoms with Crippen molar-refractivity contribution in [1.29, 1.82) is 0 Å². The smallest absolute Gasteiger partial charge is 0.136 e. The minimum Gasteiger partial charge on any atom is -0.390 e. The molecule has 0 bridgehead atoms. The molecule has 0 heterocycles. The van der Waals surface area contributed by atoms with Crippen LogP contribution in [0.3, 0.4) is 0 Å². The second-order valence-corrected chi connectivity index (χ2v) is 11.1. The molecule has 5 aliphatic rings. The highest BCUT2D eigenvalue weighted by Crippen LogP contribution is 2.75. The average molecular weight is 345 g/mol. The molecule has 0 aliphatic heterocycles. The summed E-state index contributed by atoms with van der Waals surface area (Å²) in [6.45, 7) is 6.46. The number of hydrogen-bond acceptors (Lipinski definition) is 2. The predicted octanol–water partition coefficient (Wildman–Crippen LogP) is 4.99. The molecule has 2 heteroatoms. The molecular weight excluding hydrogens is 308 g/mol. The fourth-order valence-electron chi connectivity index (χ4n) is 9.27. The molecule has 0 aromatic carbocycles. The Kier molecular flexibility index (Phi) is 3.43. The lowest BCUT2D eigenvalue weighted by molar-refractivity contribution is -0.158. The van der Waals surface area contributed by atoms with Crippen molar-refractivity contribution in [2.45, 2.75) is 90.6 Å². The van der Waals surface area contributed by atoms with Gasteiger partial charge in [-0.05, 0) is 119 Å². The normalized spacial score (nSPS) is 59.8. The number of carbonyl (C=O) groups excluding carboxylic acids is 1. The predicted molar refractivity (Wildman–Crippen MR) is 99.0 cm³/mol. The summed E-state index contributed by atoms with van der Waals surface area (Å²) in [6.07, 6.45) is 12.4. The molecule has 0 radical (unpaired) electrons. The van der Waals surface area contributed by atoms with Gasteiger partial charge in [0.2, 0.25) is 0 Å². The third-order valence-corrected chi connectivity index (χ3v) is 10.4. The lowest BCUT2D eigenvalue weighted by Crippen LogP contribution is -2.57. The molecule has 5 rings (SSSR count). The Morgan fingerprint density at radius 2 is 1.68 bits per heavy atom. The minimum absolute atomic E-state index is 0.0513. The Labute approximate surface area is 153 Å². The van der Waals surface area contributed by atoms with E-state index in [-0.39, 0.29) is 10.8 Å². The quantitative estimate of drug-likeness (QED) is 0.728. The first-order valence-corrected chi connectivity index (χ1v) is 11.0. The third-order valence-electron chi connectivity index (χ3n) is 10.4. The Hall–Kier alpha value is -0.370. The molecule has 9 atom stereocenters. The van der Waals surface area contributed by atoms with Crippen molar-refractivity contribution < 1.29 is 9.90 Å². The van der Waals surface area contributed by atoms with E-state index in [9.17, 15) is 9.90 Å². The minimum atomic E-state index is -0.414. The van der Waals surface area contributed by atoms with Crippen LogP contribution in [0.15, 0.2) is 0 Å². The lowest BCUT2D eigenvalue weighted by Gasteiger charge is -2.60. The van der Waals surface area contributed by atoms with Crippen molar-refractivity contribution >= 4 is 5.78 Å². The van der Waals surface area contributed by atoms with Crippen molar-refractivity contribution in [2.24, 2.45) is 46.3 Å². The van der Waals surface area contributed by atoms with Crippen LogP contribution >= 0.6 is 0 Å². The van der Waals surface area contributed by atoms with Crippen LogP contribution in [0.4, 0.5) is 0 Å². The molecule has 1 N–H and O–H groups in total. The molecule has 5 aliphatic carbocycles. The summed E-state index contributed by atoms with van der Waals surface area (Å²) in [5, 5.41) is 10.5. The van der Waals surface area contributed by atoms with E-state index >= 15 is 0 Å². The van der Waals surface area contributed by atoms with E-state index in [1.54, 1.807) is 0 Å². The van der Waals surface area contributed by atoms with Crippen LogP contribution in [0.2, 0.25) is 0 Å². The van der Waals surface area contributed by atoms with Crippen LogP contribution in [0.25, 0.3) is 0 Å². The van der Waals surface area contributed by atoms with E-state index in [1.165, 1.54) is 51.4 Å². The zero-order valence-electron chi connectivity index (χ0n) is 16.4. The highest BCUT2D eigenvalue weighted by Gasteiger charge is 2.71. The fourth-order valence-corrected chi connectivity index (χ4v) is 9.27.